The second-order valence-electron chi connectivity index (χ2n) is 6.55. The Morgan fingerprint density at radius 2 is 1.80 bits per heavy atom. The number of halogens is 2. The number of rotatable bonds is 3. The summed E-state index contributed by atoms with van der Waals surface area (Å²) in [7, 11) is 0. The summed E-state index contributed by atoms with van der Waals surface area (Å²) in [6, 6.07) is 15.2. The predicted octanol–water partition coefficient (Wildman–Crippen LogP) is 3.80. The number of nitrogens with two attached hydrogens (primary N) is 1. The third-order valence-electron chi connectivity index (χ3n) is 4.72. The van der Waals surface area contributed by atoms with Gasteiger partial charge in [0.15, 0.2) is 17.5 Å². The maximum atomic E-state index is 14.3. The molecule has 0 radical (unpaired) electrons. The lowest BCUT2D eigenvalue weighted by atomic mass is 10.0. The molecule has 7 nitrogen and oxygen atoms in total. The highest BCUT2D eigenvalue weighted by Crippen LogP contribution is 2.31. The zero-order valence-electron chi connectivity index (χ0n) is 15.4. The lowest BCUT2D eigenvalue weighted by molar-refractivity contribution is 0.501. The molecule has 0 aliphatic rings. The van der Waals surface area contributed by atoms with Crippen LogP contribution in [0.3, 0.4) is 0 Å². The molecule has 0 fully saturated rings. The van der Waals surface area contributed by atoms with Gasteiger partial charge in [0, 0.05) is 23.3 Å². The van der Waals surface area contributed by atoms with Crippen molar-refractivity contribution in [3.63, 3.8) is 0 Å². The highest BCUT2D eigenvalue weighted by molar-refractivity contribution is 5.85. The number of nitrogens with zero attached hydrogens (tertiary/aromatic N) is 6. The van der Waals surface area contributed by atoms with Crippen molar-refractivity contribution in [3.8, 4) is 28.2 Å². The molecule has 30 heavy (non-hydrogen) atoms. The fourth-order valence-electron chi connectivity index (χ4n) is 3.24. The first-order valence-corrected chi connectivity index (χ1v) is 8.95. The molecule has 0 saturated heterocycles. The fraction of sp³-hybridized carbons (Fsp3) is 0. The summed E-state index contributed by atoms with van der Waals surface area (Å²) in [5.41, 5.74) is 8.86. The van der Waals surface area contributed by atoms with E-state index in [4.69, 9.17) is 5.73 Å². The summed E-state index contributed by atoms with van der Waals surface area (Å²) in [6.07, 6.45) is 3.36. The van der Waals surface area contributed by atoms with Gasteiger partial charge in [-0.2, -0.15) is 4.68 Å². The predicted molar refractivity (Wildman–Crippen MR) is 107 cm³/mol. The molecule has 146 valence electrons. The maximum Gasteiger partial charge on any atom is 0.190 e. The minimum atomic E-state index is -1.06. The van der Waals surface area contributed by atoms with Crippen LogP contribution in [-0.2, 0) is 0 Å². The van der Waals surface area contributed by atoms with Crippen molar-refractivity contribution in [2.45, 2.75) is 0 Å². The number of pyridine rings is 2. The molecule has 3 aromatic heterocycles. The Labute approximate surface area is 168 Å². The minimum absolute atomic E-state index is 0.128. The molecule has 2 N–H and O–H groups in total. The second-order valence-corrected chi connectivity index (χ2v) is 6.55. The molecule has 0 amide bonds. The Hall–Kier alpha value is -4.27. The molecular weight excluding hydrogens is 388 g/mol. The van der Waals surface area contributed by atoms with Crippen molar-refractivity contribution in [1.82, 2.24) is 30.2 Å². The van der Waals surface area contributed by atoms with Gasteiger partial charge in [0.05, 0.1) is 11.1 Å². The number of aromatic nitrogens is 6. The standard InChI is InChI=1S/C21H13F2N7/c22-16-4-1-5-18(19(16)23)30-21(27-28-29-30)15-10-14(11-26-20(15)24)12-6-7-17-13(9-12)3-2-8-25-17/h1-11H,(H2,24,26). The molecule has 0 atom stereocenters. The average molecular weight is 401 g/mol. The van der Waals surface area contributed by atoms with Crippen molar-refractivity contribution in [3.05, 3.63) is 78.6 Å². The molecule has 5 rings (SSSR count). The van der Waals surface area contributed by atoms with Gasteiger partial charge < -0.3 is 5.73 Å². The molecule has 2 aromatic carbocycles. The van der Waals surface area contributed by atoms with E-state index in [2.05, 4.69) is 25.5 Å². The summed E-state index contributed by atoms with van der Waals surface area (Å²) < 4.78 is 29.1. The van der Waals surface area contributed by atoms with E-state index in [9.17, 15) is 8.78 Å². The summed E-state index contributed by atoms with van der Waals surface area (Å²) in [5, 5.41) is 12.4. The van der Waals surface area contributed by atoms with Gasteiger partial charge in [-0.1, -0.05) is 18.2 Å². The van der Waals surface area contributed by atoms with E-state index >= 15 is 0 Å². The van der Waals surface area contributed by atoms with Crippen LogP contribution in [0.15, 0.2) is 67.0 Å². The van der Waals surface area contributed by atoms with Crippen LogP contribution < -0.4 is 5.73 Å². The zero-order valence-corrected chi connectivity index (χ0v) is 15.4. The first-order valence-electron chi connectivity index (χ1n) is 8.95. The molecule has 9 heteroatoms. The monoisotopic (exact) mass is 401 g/mol. The Kier molecular flexibility index (Phi) is 4.13. The van der Waals surface area contributed by atoms with Gasteiger partial charge in [-0.15, -0.1) is 5.10 Å². The number of hydrogen-bond donors (Lipinski definition) is 1. The minimum Gasteiger partial charge on any atom is -0.383 e. The fourth-order valence-corrected chi connectivity index (χ4v) is 3.24. The van der Waals surface area contributed by atoms with E-state index in [0.29, 0.717) is 5.56 Å². The van der Waals surface area contributed by atoms with Gasteiger partial charge in [0.1, 0.15) is 11.5 Å². The maximum absolute atomic E-state index is 14.3. The van der Waals surface area contributed by atoms with E-state index < -0.39 is 11.6 Å². The van der Waals surface area contributed by atoms with E-state index in [1.807, 2.05) is 30.3 Å². The molecule has 5 aromatic rings. The lowest BCUT2D eigenvalue weighted by Gasteiger charge is -2.10. The zero-order chi connectivity index (χ0) is 20.7. The number of fused-ring (bicyclic) bond motifs is 1. The Morgan fingerprint density at radius 3 is 2.70 bits per heavy atom. The topological polar surface area (TPSA) is 95.4 Å². The average Bonchev–Trinajstić information content (AvgIpc) is 3.25. The second kappa shape index (κ2) is 6.96. The van der Waals surface area contributed by atoms with Gasteiger partial charge in [-0.25, -0.2) is 13.8 Å². The molecule has 0 bridgehead atoms. The van der Waals surface area contributed by atoms with Crippen LogP contribution in [0.1, 0.15) is 0 Å². The Balaban J connectivity index is 1.65. The highest BCUT2D eigenvalue weighted by Gasteiger charge is 2.19. The van der Waals surface area contributed by atoms with E-state index in [0.717, 1.165) is 32.8 Å². The summed E-state index contributed by atoms with van der Waals surface area (Å²) in [5.74, 6) is -1.75. The van der Waals surface area contributed by atoms with Gasteiger partial charge >= 0.3 is 0 Å². The molecular formula is C21H13F2N7. The Bertz CT molecular complexity index is 1400. The molecule has 0 spiro atoms. The summed E-state index contributed by atoms with van der Waals surface area (Å²) >= 11 is 0. The lowest BCUT2D eigenvalue weighted by Crippen LogP contribution is -2.06. The van der Waals surface area contributed by atoms with Gasteiger partial charge in [0.25, 0.3) is 0 Å². The first kappa shape index (κ1) is 17.8. The van der Waals surface area contributed by atoms with E-state index in [1.165, 1.54) is 12.1 Å². The van der Waals surface area contributed by atoms with Gasteiger partial charge in [-0.3, -0.25) is 4.98 Å². The van der Waals surface area contributed by atoms with Crippen LogP contribution in [0.2, 0.25) is 0 Å². The number of tetrazole rings is 1. The quantitative estimate of drug-likeness (QED) is 0.494. The normalized spacial score (nSPS) is 11.1. The van der Waals surface area contributed by atoms with Crippen LogP contribution in [0.25, 0.3) is 39.1 Å². The van der Waals surface area contributed by atoms with Crippen LogP contribution in [0, 0.1) is 11.6 Å². The molecule has 0 aliphatic heterocycles. The third-order valence-corrected chi connectivity index (χ3v) is 4.72. The molecule has 0 saturated carbocycles. The van der Waals surface area contributed by atoms with Gasteiger partial charge in [-0.05, 0) is 52.4 Å². The molecule has 3 heterocycles. The van der Waals surface area contributed by atoms with Crippen LogP contribution in [0.5, 0.6) is 0 Å². The van der Waals surface area contributed by atoms with Crippen molar-refractivity contribution >= 4 is 16.7 Å². The largest absolute Gasteiger partial charge is 0.383 e. The summed E-state index contributed by atoms with van der Waals surface area (Å²) in [6.45, 7) is 0. The van der Waals surface area contributed by atoms with Crippen LogP contribution in [0.4, 0.5) is 14.6 Å². The number of hydrogen-bond acceptors (Lipinski definition) is 6. The van der Waals surface area contributed by atoms with Crippen molar-refractivity contribution in [2.75, 3.05) is 5.73 Å². The SMILES string of the molecule is Nc1ncc(-c2ccc3ncccc3c2)cc1-c1nnnn1-c1cccc(F)c1F. The van der Waals surface area contributed by atoms with Crippen LogP contribution in [-0.4, -0.2) is 30.2 Å². The molecule has 0 aliphatic carbocycles. The van der Waals surface area contributed by atoms with Crippen molar-refractivity contribution < 1.29 is 8.78 Å². The highest BCUT2D eigenvalue weighted by atomic mass is 19.2. The van der Waals surface area contributed by atoms with Crippen LogP contribution >= 0.6 is 0 Å². The van der Waals surface area contributed by atoms with E-state index in [-0.39, 0.29) is 17.3 Å². The number of anilines is 1. The summed E-state index contributed by atoms with van der Waals surface area (Å²) in [4.78, 5) is 8.57. The number of benzene rings is 2. The van der Waals surface area contributed by atoms with Gasteiger partial charge in [0.2, 0.25) is 0 Å². The van der Waals surface area contributed by atoms with E-state index in [1.54, 1.807) is 18.5 Å². The first-order chi connectivity index (χ1) is 14.6. The number of nitrogen functional groups attached to an aromatic ring is 1. The molecule has 0 unspecified atom stereocenters. The van der Waals surface area contributed by atoms with Crippen molar-refractivity contribution in [2.24, 2.45) is 0 Å². The smallest absolute Gasteiger partial charge is 0.190 e. The van der Waals surface area contributed by atoms with Crippen molar-refractivity contribution in [1.29, 1.82) is 0 Å². The third kappa shape index (κ3) is 2.93. The Morgan fingerprint density at radius 1 is 0.900 bits per heavy atom.